The highest BCUT2D eigenvalue weighted by molar-refractivity contribution is 7.10. The molecule has 1 atom stereocenters. The van der Waals surface area contributed by atoms with E-state index in [1.54, 1.807) is 11.3 Å². The third-order valence-corrected chi connectivity index (χ3v) is 4.44. The van der Waals surface area contributed by atoms with Crippen molar-refractivity contribution in [3.63, 3.8) is 0 Å². The summed E-state index contributed by atoms with van der Waals surface area (Å²) in [5.74, 6) is -1.09. The maximum Gasteiger partial charge on any atom is 0.129 e. The molecule has 1 aromatic heterocycles. The largest absolute Gasteiger partial charge is 0.207 e. The number of hydrogen-bond donors (Lipinski definition) is 0. The summed E-state index contributed by atoms with van der Waals surface area (Å²) in [4.78, 5) is 1.07. The molecule has 0 nitrogen and oxygen atoms in total. The van der Waals surface area contributed by atoms with E-state index in [1.165, 1.54) is 17.7 Å². The van der Waals surface area contributed by atoms with E-state index in [2.05, 4.69) is 6.92 Å². The fraction of sp³-hybridized carbons (Fsp3) is 0.286. The highest BCUT2D eigenvalue weighted by Gasteiger charge is 2.16. The minimum atomic E-state index is -0.562. The molecule has 0 saturated carbocycles. The van der Waals surface area contributed by atoms with E-state index >= 15 is 0 Å². The second kappa shape index (κ2) is 5.81. The van der Waals surface area contributed by atoms with Crippen LogP contribution >= 0.6 is 22.9 Å². The Bertz CT molecular complexity index is 536. The van der Waals surface area contributed by atoms with Crippen LogP contribution in [0.1, 0.15) is 28.3 Å². The van der Waals surface area contributed by atoms with Crippen LogP contribution in [0.2, 0.25) is 0 Å². The molecule has 0 aliphatic carbocycles. The van der Waals surface area contributed by atoms with Crippen LogP contribution in [0.25, 0.3) is 0 Å². The summed E-state index contributed by atoms with van der Waals surface area (Å²) in [5, 5.41) is 1.73. The molecule has 0 saturated heterocycles. The molecule has 1 unspecified atom stereocenters. The summed E-state index contributed by atoms with van der Waals surface area (Å²) < 4.78 is 26.3. The molecule has 0 aliphatic rings. The van der Waals surface area contributed by atoms with Crippen LogP contribution < -0.4 is 0 Å². The summed E-state index contributed by atoms with van der Waals surface area (Å²) in [6.45, 7) is 2.06. The van der Waals surface area contributed by atoms with Crippen molar-refractivity contribution in [2.45, 2.75) is 25.1 Å². The number of hydrogen-bond acceptors (Lipinski definition) is 1. The van der Waals surface area contributed by atoms with Gasteiger partial charge in [-0.2, -0.15) is 0 Å². The zero-order chi connectivity index (χ0) is 13.1. The molecule has 2 aromatic rings. The van der Waals surface area contributed by atoms with Gasteiger partial charge in [0.2, 0.25) is 0 Å². The molecule has 18 heavy (non-hydrogen) atoms. The first-order chi connectivity index (χ1) is 8.61. The number of benzene rings is 1. The van der Waals surface area contributed by atoms with E-state index in [1.807, 2.05) is 11.4 Å². The van der Waals surface area contributed by atoms with Crippen LogP contribution in [0.3, 0.4) is 0 Å². The lowest BCUT2D eigenvalue weighted by molar-refractivity contribution is 0.571. The Hall–Kier alpha value is -0.930. The topological polar surface area (TPSA) is 0 Å². The summed E-state index contributed by atoms with van der Waals surface area (Å²) in [6, 6.07) is 5.65. The zero-order valence-corrected chi connectivity index (χ0v) is 11.5. The lowest BCUT2D eigenvalue weighted by Crippen LogP contribution is -1.99. The van der Waals surface area contributed by atoms with E-state index in [0.29, 0.717) is 12.0 Å². The van der Waals surface area contributed by atoms with Crippen molar-refractivity contribution in [3.05, 3.63) is 57.3 Å². The molecule has 0 bridgehead atoms. The highest BCUT2D eigenvalue weighted by Crippen LogP contribution is 2.33. The lowest BCUT2D eigenvalue weighted by atomic mass is 10.1. The molecule has 0 amide bonds. The van der Waals surface area contributed by atoms with Crippen molar-refractivity contribution in [3.8, 4) is 0 Å². The number of halogens is 3. The second-order valence-electron chi connectivity index (χ2n) is 4.07. The average molecular weight is 287 g/mol. The van der Waals surface area contributed by atoms with Crippen LogP contribution in [-0.2, 0) is 12.8 Å². The van der Waals surface area contributed by atoms with E-state index in [4.69, 9.17) is 11.6 Å². The molecule has 2 rings (SSSR count). The Morgan fingerprint density at radius 3 is 2.67 bits per heavy atom. The first-order valence-corrected chi connectivity index (χ1v) is 7.07. The second-order valence-corrected chi connectivity index (χ2v) is 5.55. The van der Waals surface area contributed by atoms with Gasteiger partial charge in [0.05, 0.1) is 5.38 Å². The van der Waals surface area contributed by atoms with Crippen molar-refractivity contribution in [2.75, 3.05) is 0 Å². The predicted molar refractivity (Wildman–Crippen MR) is 72.4 cm³/mol. The Labute approximate surface area is 114 Å². The standard InChI is InChI=1S/C14H13ClF2S/c1-2-9-5-6-18-14(9)12(15)7-10-3-4-11(16)8-13(10)17/h3-6,8,12H,2,7H2,1H3. The van der Waals surface area contributed by atoms with Gasteiger partial charge in [0.25, 0.3) is 0 Å². The van der Waals surface area contributed by atoms with E-state index in [0.717, 1.165) is 17.4 Å². The zero-order valence-electron chi connectivity index (χ0n) is 9.92. The van der Waals surface area contributed by atoms with Crippen LogP contribution in [0, 0.1) is 11.6 Å². The van der Waals surface area contributed by atoms with Crippen molar-refractivity contribution >= 4 is 22.9 Å². The normalized spacial score (nSPS) is 12.7. The SMILES string of the molecule is CCc1ccsc1C(Cl)Cc1ccc(F)cc1F. The Morgan fingerprint density at radius 1 is 1.22 bits per heavy atom. The Morgan fingerprint density at radius 2 is 2.00 bits per heavy atom. The van der Waals surface area contributed by atoms with Gasteiger partial charge in [-0.25, -0.2) is 8.78 Å². The van der Waals surface area contributed by atoms with Gasteiger partial charge in [-0.1, -0.05) is 13.0 Å². The van der Waals surface area contributed by atoms with Crippen molar-refractivity contribution in [2.24, 2.45) is 0 Å². The third-order valence-electron chi connectivity index (χ3n) is 2.86. The molecule has 4 heteroatoms. The molecule has 1 aromatic carbocycles. The summed E-state index contributed by atoms with van der Waals surface area (Å²) in [5.41, 5.74) is 1.65. The minimum Gasteiger partial charge on any atom is -0.207 e. The number of alkyl halides is 1. The molecule has 0 fully saturated rings. The third kappa shape index (κ3) is 2.90. The molecule has 0 N–H and O–H groups in total. The Balaban J connectivity index is 2.18. The van der Waals surface area contributed by atoms with Crippen LogP contribution in [-0.4, -0.2) is 0 Å². The number of rotatable bonds is 4. The van der Waals surface area contributed by atoms with Crippen LogP contribution in [0.5, 0.6) is 0 Å². The van der Waals surface area contributed by atoms with Gasteiger partial charge in [0.15, 0.2) is 0 Å². The van der Waals surface area contributed by atoms with Gasteiger partial charge in [0, 0.05) is 10.9 Å². The first kappa shape index (κ1) is 13.5. The van der Waals surface area contributed by atoms with Crippen LogP contribution in [0.4, 0.5) is 8.78 Å². The lowest BCUT2D eigenvalue weighted by Gasteiger charge is -2.10. The maximum absolute atomic E-state index is 13.5. The number of aryl methyl sites for hydroxylation is 1. The molecule has 0 aliphatic heterocycles. The fourth-order valence-electron chi connectivity index (χ4n) is 1.89. The number of thiophene rings is 1. The van der Waals surface area contributed by atoms with Gasteiger partial charge >= 0.3 is 0 Å². The van der Waals surface area contributed by atoms with Gasteiger partial charge in [-0.15, -0.1) is 22.9 Å². The van der Waals surface area contributed by atoms with Gasteiger partial charge in [-0.3, -0.25) is 0 Å². The molecule has 96 valence electrons. The van der Waals surface area contributed by atoms with Crippen molar-refractivity contribution in [1.29, 1.82) is 0 Å². The quantitative estimate of drug-likeness (QED) is 0.685. The Kier molecular flexibility index (Phi) is 4.36. The van der Waals surface area contributed by atoms with E-state index in [-0.39, 0.29) is 5.38 Å². The summed E-state index contributed by atoms with van der Waals surface area (Å²) in [7, 11) is 0. The fourth-order valence-corrected chi connectivity index (χ4v) is 3.32. The molecule has 0 radical (unpaired) electrons. The van der Waals surface area contributed by atoms with E-state index < -0.39 is 11.6 Å². The monoisotopic (exact) mass is 286 g/mol. The highest BCUT2D eigenvalue weighted by atomic mass is 35.5. The molecule has 0 spiro atoms. The maximum atomic E-state index is 13.5. The summed E-state index contributed by atoms with van der Waals surface area (Å²) in [6.07, 6.45) is 1.29. The van der Waals surface area contributed by atoms with Gasteiger partial charge < -0.3 is 0 Å². The van der Waals surface area contributed by atoms with Crippen LogP contribution in [0.15, 0.2) is 29.6 Å². The summed E-state index contributed by atoms with van der Waals surface area (Å²) >= 11 is 7.91. The molecular weight excluding hydrogens is 274 g/mol. The smallest absolute Gasteiger partial charge is 0.129 e. The van der Waals surface area contributed by atoms with Crippen molar-refractivity contribution < 1.29 is 8.78 Å². The van der Waals surface area contributed by atoms with Crippen molar-refractivity contribution in [1.82, 2.24) is 0 Å². The molecular formula is C14H13ClF2S. The minimum absolute atomic E-state index is 0.264. The first-order valence-electron chi connectivity index (χ1n) is 5.76. The average Bonchev–Trinajstić information content (AvgIpc) is 2.81. The van der Waals surface area contributed by atoms with E-state index in [9.17, 15) is 8.78 Å². The van der Waals surface area contributed by atoms with Gasteiger partial charge in [-0.05, 0) is 41.5 Å². The molecule has 1 heterocycles. The predicted octanol–water partition coefficient (Wildman–Crippen LogP) is 5.11. The van der Waals surface area contributed by atoms with Gasteiger partial charge in [0.1, 0.15) is 11.6 Å².